The van der Waals surface area contributed by atoms with E-state index in [1.54, 1.807) is 12.1 Å². The minimum absolute atomic E-state index is 0.0215. The molecule has 0 amide bonds. The van der Waals surface area contributed by atoms with Crippen molar-refractivity contribution in [1.29, 1.82) is 0 Å². The Balaban J connectivity index is 1.92. The van der Waals surface area contributed by atoms with E-state index in [1.807, 2.05) is 6.07 Å². The van der Waals surface area contributed by atoms with Gasteiger partial charge >= 0.3 is 0 Å². The van der Waals surface area contributed by atoms with Crippen LogP contribution < -0.4 is 15.4 Å². The third-order valence-electron chi connectivity index (χ3n) is 2.73. The van der Waals surface area contributed by atoms with Gasteiger partial charge in [-0.3, -0.25) is 5.32 Å². The number of benzene rings is 1. The monoisotopic (exact) mass is 296 g/mol. The van der Waals surface area contributed by atoms with Crippen LogP contribution >= 0.6 is 0 Å². The second-order valence-corrected chi connectivity index (χ2v) is 5.85. The number of aromatic nitrogens is 1. The van der Waals surface area contributed by atoms with E-state index in [0.717, 1.165) is 5.56 Å². The fourth-order valence-corrected chi connectivity index (χ4v) is 2.21. The zero-order chi connectivity index (χ0) is 14.6. The number of hydrogen-bond donors (Lipinski definition) is 2. The molecule has 0 spiro atoms. The Morgan fingerprint density at radius 3 is 2.65 bits per heavy atom. The summed E-state index contributed by atoms with van der Waals surface area (Å²) >= 11 is 0. The highest BCUT2D eigenvalue weighted by molar-refractivity contribution is 7.89. The molecule has 0 aliphatic carbocycles. The fourth-order valence-electron chi connectivity index (χ4n) is 1.73. The minimum atomic E-state index is -3.69. The Kier molecular flexibility index (Phi) is 4.31. The summed E-state index contributed by atoms with van der Waals surface area (Å²) in [7, 11) is -3.69. The topological polar surface area (TPSA) is 86.3 Å². The highest BCUT2D eigenvalue weighted by Gasteiger charge is 2.10. The maximum absolute atomic E-state index is 13.0. The Morgan fingerprint density at radius 1 is 1.25 bits per heavy atom. The fraction of sp³-hybridized carbons (Fsp3) is 0.154. The van der Waals surface area contributed by atoms with E-state index in [2.05, 4.69) is 10.3 Å². The van der Waals surface area contributed by atoms with E-state index in [-0.39, 0.29) is 10.7 Å². The van der Waals surface area contributed by atoms with Gasteiger partial charge in [-0.05, 0) is 23.8 Å². The maximum Gasteiger partial charge on any atom is 0.272 e. The number of rotatable bonds is 5. The molecule has 0 unspecified atom stereocenters. The highest BCUT2D eigenvalue weighted by atomic mass is 32.2. The third-order valence-corrected chi connectivity index (χ3v) is 3.64. The minimum Gasteiger partial charge on any atom is -0.274 e. The molecule has 0 bridgehead atoms. The van der Waals surface area contributed by atoms with E-state index >= 15 is 0 Å². The quantitative estimate of drug-likeness (QED) is 0.861. The Bertz CT molecular complexity index is 687. The lowest BCUT2D eigenvalue weighted by atomic mass is 10.1. The Hall–Kier alpha value is -1.99. The number of pyridine rings is 1. The van der Waals surface area contributed by atoms with E-state index in [1.165, 1.54) is 24.4 Å². The van der Waals surface area contributed by atoms with Crippen LogP contribution in [0.15, 0.2) is 47.5 Å². The molecule has 2 aromatic rings. The van der Waals surface area contributed by atoms with Crippen molar-refractivity contribution < 1.29 is 17.8 Å². The van der Waals surface area contributed by atoms with E-state index < -0.39 is 10.0 Å². The molecule has 0 radical (unpaired) electrons. The van der Waals surface area contributed by atoms with Gasteiger partial charge in [0.05, 0.1) is 6.54 Å². The summed E-state index contributed by atoms with van der Waals surface area (Å²) in [6.07, 6.45) is 1.97. The largest absolute Gasteiger partial charge is 0.274 e. The van der Waals surface area contributed by atoms with Crippen LogP contribution in [-0.2, 0) is 16.4 Å². The summed E-state index contributed by atoms with van der Waals surface area (Å²) < 4.78 is 35.1. The molecule has 20 heavy (non-hydrogen) atoms. The number of nitrogens with one attached hydrogen (secondary N) is 2. The summed E-state index contributed by atoms with van der Waals surface area (Å²) in [5.41, 5.74) is 0.888. The van der Waals surface area contributed by atoms with Gasteiger partial charge in [0, 0.05) is 12.5 Å². The van der Waals surface area contributed by atoms with Gasteiger partial charge in [-0.15, -0.1) is 0 Å². The van der Waals surface area contributed by atoms with Gasteiger partial charge in [0.2, 0.25) is 10.0 Å². The molecule has 1 aromatic carbocycles. The lowest BCUT2D eigenvalue weighted by Crippen LogP contribution is -2.19. The first-order valence-electron chi connectivity index (χ1n) is 5.98. The number of H-pyrrole nitrogens is 1. The van der Waals surface area contributed by atoms with Gasteiger partial charge in [0.15, 0.2) is 0 Å². The molecule has 0 fully saturated rings. The van der Waals surface area contributed by atoms with Gasteiger partial charge in [-0.25, -0.2) is 22.9 Å². The van der Waals surface area contributed by atoms with Crippen LogP contribution in [0.4, 0.5) is 10.2 Å². The molecular weight excluding hydrogens is 281 g/mol. The lowest BCUT2D eigenvalue weighted by molar-refractivity contribution is -0.364. The molecule has 0 atom stereocenters. The first-order valence-corrected chi connectivity index (χ1v) is 7.52. The molecule has 0 saturated carbocycles. The average Bonchev–Trinajstić information content (AvgIpc) is 2.38. The van der Waals surface area contributed by atoms with Gasteiger partial charge in [0.25, 0.3) is 5.82 Å². The van der Waals surface area contributed by atoms with Crippen molar-refractivity contribution in [2.45, 2.75) is 11.3 Å². The smallest absolute Gasteiger partial charge is 0.272 e. The van der Waals surface area contributed by atoms with Crippen molar-refractivity contribution in [3.05, 3.63) is 54.0 Å². The number of nitrogens with two attached hydrogens (primary N) is 1. The maximum atomic E-state index is 13.0. The van der Waals surface area contributed by atoms with Gasteiger partial charge in [-0.2, -0.15) is 0 Å². The second-order valence-electron chi connectivity index (χ2n) is 4.29. The second kappa shape index (κ2) is 5.98. The predicted molar refractivity (Wildman–Crippen MR) is 73.0 cm³/mol. The lowest BCUT2D eigenvalue weighted by Gasteiger charge is -2.01. The van der Waals surface area contributed by atoms with Crippen LogP contribution in [0.5, 0.6) is 0 Å². The molecular formula is C13H15FN3O2S+. The molecule has 0 saturated heterocycles. The number of halogens is 1. The Labute approximate surface area is 116 Å². The first-order chi connectivity index (χ1) is 9.45. The van der Waals surface area contributed by atoms with Crippen LogP contribution in [0.2, 0.25) is 0 Å². The van der Waals surface area contributed by atoms with Crippen molar-refractivity contribution in [3.63, 3.8) is 0 Å². The number of sulfonamides is 1. The van der Waals surface area contributed by atoms with Gasteiger partial charge < -0.3 is 0 Å². The molecule has 5 nitrogen and oxygen atoms in total. The van der Waals surface area contributed by atoms with Gasteiger partial charge in [-0.1, -0.05) is 12.1 Å². The first kappa shape index (κ1) is 14.4. The number of anilines is 1. The highest BCUT2D eigenvalue weighted by Crippen LogP contribution is 2.07. The van der Waals surface area contributed by atoms with E-state index in [0.29, 0.717) is 18.8 Å². The molecule has 0 aliphatic rings. The molecule has 1 aromatic heterocycles. The van der Waals surface area contributed by atoms with Crippen LogP contribution in [0.1, 0.15) is 5.56 Å². The van der Waals surface area contributed by atoms with Crippen molar-refractivity contribution in [1.82, 2.24) is 0 Å². The summed E-state index contributed by atoms with van der Waals surface area (Å²) in [4.78, 5) is 2.82. The van der Waals surface area contributed by atoms with Crippen LogP contribution in [0, 0.1) is 5.82 Å². The van der Waals surface area contributed by atoms with Crippen molar-refractivity contribution in [3.8, 4) is 0 Å². The SMILES string of the molecule is NS(=O)(=O)c1ccc(NCCc2cccc(F)c2)[nH+]c1. The zero-order valence-electron chi connectivity index (χ0n) is 10.6. The third kappa shape index (κ3) is 4.01. The normalized spacial score (nSPS) is 11.3. The zero-order valence-corrected chi connectivity index (χ0v) is 11.5. The van der Waals surface area contributed by atoms with Gasteiger partial charge in [0.1, 0.15) is 16.9 Å². The van der Waals surface area contributed by atoms with Crippen LogP contribution in [0.3, 0.4) is 0 Å². The van der Waals surface area contributed by atoms with Crippen LogP contribution in [-0.4, -0.2) is 15.0 Å². The van der Waals surface area contributed by atoms with Crippen LogP contribution in [0.25, 0.3) is 0 Å². The van der Waals surface area contributed by atoms with Crippen molar-refractivity contribution >= 4 is 15.8 Å². The van der Waals surface area contributed by atoms with E-state index in [4.69, 9.17) is 5.14 Å². The molecule has 4 N–H and O–H groups in total. The van der Waals surface area contributed by atoms with Crippen molar-refractivity contribution in [2.24, 2.45) is 5.14 Å². The standard InChI is InChI=1S/C13H14FN3O2S/c14-11-3-1-2-10(8-11)6-7-16-13-5-4-12(9-17-13)20(15,18)19/h1-5,8-9H,6-7H2,(H,16,17)(H2,15,18,19)/p+1. The number of aromatic amines is 1. The summed E-state index contributed by atoms with van der Waals surface area (Å²) in [5, 5.41) is 8.07. The molecule has 7 heteroatoms. The predicted octanol–water partition coefficient (Wildman–Crippen LogP) is 0.942. The molecule has 2 rings (SSSR count). The number of primary sulfonamides is 1. The summed E-state index contributed by atoms with van der Waals surface area (Å²) in [6, 6.07) is 9.39. The molecule has 106 valence electrons. The summed E-state index contributed by atoms with van der Waals surface area (Å²) in [5.74, 6) is 0.403. The molecule has 0 aliphatic heterocycles. The molecule has 1 heterocycles. The summed E-state index contributed by atoms with van der Waals surface area (Å²) in [6.45, 7) is 0.592. The van der Waals surface area contributed by atoms with Crippen molar-refractivity contribution in [2.75, 3.05) is 11.9 Å². The Morgan fingerprint density at radius 2 is 2.05 bits per heavy atom. The van der Waals surface area contributed by atoms with E-state index in [9.17, 15) is 12.8 Å². The number of hydrogen-bond acceptors (Lipinski definition) is 3. The average molecular weight is 296 g/mol.